The summed E-state index contributed by atoms with van der Waals surface area (Å²) in [6.07, 6.45) is 1.42. The van der Waals surface area contributed by atoms with Gasteiger partial charge in [0, 0.05) is 11.4 Å². The Labute approximate surface area is 121 Å². The largest absolute Gasteiger partial charge is 0.481 e. The minimum atomic E-state index is -0.859. The number of rotatable bonds is 8. The van der Waals surface area contributed by atoms with Crippen LogP contribution in [0.2, 0.25) is 5.02 Å². The normalized spacial score (nSPS) is 11.2. The van der Waals surface area contributed by atoms with Crippen LogP contribution in [0.5, 0.6) is 0 Å². The number of benzene rings is 1. The average molecular weight is 298 g/mol. The maximum atomic E-state index is 11.2. The number of nitrogens with one attached hydrogen (secondary N) is 1. The number of carboxylic acid groups (broad SMARTS) is 1. The molecule has 0 unspecified atom stereocenters. The van der Waals surface area contributed by atoms with Gasteiger partial charge in [0.1, 0.15) is 5.71 Å². The van der Waals surface area contributed by atoms with Crippen molar-refractivity contribution in [2.45, 2.75) is 25.7 Å². The molecular formula is C13H16ClN3O3. The van der Waals surface area contributed by atoms with E-state index in [0.717, 1.165) is 0 Å². The van der Waals surface area contributed by atoms with Gasteiger partial charge in [0.25, 0.3) is 5.91 Å². The number of hydrogen-bond donors (Lipinski definition) is 3. The minimum absolute atomic E-state index is 0.0661. The molecule has 0 saturated heterocycles. The van der Waals surface area contributed by atoms with E-state index in [2.05, 4.69) is 10.5 Å². The van der Waals surface area contributed by atoms with Crippen molar-refractivity contribution in [3.05, 3.63) is 29.3 Å². The summed E-state index contributed by atoms with van der Waals surface area (Å²) in [5.41, 5.74) is 8.80. The second kappa shape index (κ2) is 8.16. The lowest BCUT2D eigenvalue weighted by Crippen LogP contribution is -2.24. The number of anilines is 1. The zero-order chi connectivity index (χ0) is 15.0. The van der Waals surface area contributed by atoms with Gasteiger partial charge in [-0.25, -0.2) is 0 Å². The number of amides is 1. The molecular weight excluding hydrogens is 282 g/mol. The topological polar surface area (TPSA) is 105 Å². The van der Waals surface area contributed by atoms with Crippen molar-refractivity contribution in [3.8, 4) is 0 Å². The van der Waals surface area contributed by atoms with Crippen LogP contribution < -0.4 is 11.2 Å². The van der Waals surface area contributed by atoms with E-state index in [9.17, 15) is 9.59 Å². The van der Waals surface area contributed by atoms with Crippen LogP contribution in [0, 0.1) is 0 Å². The maximum Gasteiger partial charge on any atom is 0.303 e. The Kier molecular flexibility index (Phi) is 6.52. The third-order valence-electron chi connectivity index (χ3n) is 2.50. The molecule has 4 N–H and O–H groups in total. The molecule has 7 heteroatoms. The number of halogens is 1. The van der Waals surface area contributed by atoms with Gasteiger partial charge in [-0.2, -0.15) is 5.10 Å². The summed E-state index contributed by atoms with van der Waals surface area (Å²) in [4.78, 5) is 21.6. The van der Waals surface area contributed by atoms with Gasteiger partial charge in [0.15, 0.2) is 0 Å². The molecule has 6 nitrogen and oxygen atoms in total. The summed E-state index contributed by atoms with van der Waals surface area (Å²) >= 11 is 5.75. The van der Waals surface area contributed by atoms with Crippen LogP contribution in [-0.4, -0.2) is 22.7 Å². The number of carbonyl (C=O) groups is 2. The van der Waals surface area contributed by atoms with E-state index in [0.29, 0.717) is 30.0 Å². The Morgan fingerprint density at radius 1 is 1.20 bits per heavy atom. The first kappa shape index (κ1) is 16.0. The minimum Gasteiger partial charge on any atom is -0.481 e. The van der Waals surface area contributed by atoms with E-state index < -0.39 is 11.9 Å². The zero-order valence-electron chi connectivity index (χ0n) is 10.8. The highest BCUT2D eigenvalue weighted by Crippen LogP contribution is 2.13. The smallest absolute Gasteiger partial charge is 0.303 e. The second-order valence-electron chi connectivity index (χ2n) is 4.14. The summed E-state index contributed by atoms with van der Waals surface area (Å²) in [6, 6.07) is 6.82. The Balaban J connectivity index is 2.52. The SMILES string of the molecule is NC(=O)C(CCCCC(=O)O)=NNc1ccc(Cl)cc1. The first-order chi connectivity index (χ1) is 9.49. The third-order valence-corrected chi connectivity index (χ3v) is 2.75. The molecule has 0 spiro atoms. The van der Waals surface area contributed by atoms with Crippen molar-refractivity contribution in [1.29, 1.82) is 0 Å². The summed E-state index contributed by atoms with van der Waals surface area (Å²) in [7, 11) is 0. The molecule has 1 aromatic carbocycles. The third kappa shape index (κ3) is 6.19. The quantitative estimate of drug-likeness (QED) is 0.389. The highest BCUT2D eigenvalue weighted by atomic mass is 35.5. The lowest BCUT2D eigenvalue weighted by Gasteiger charge is -2.04. The van der Waals surface area contributed by atoms with E-state index in [1.54, 1.807) is 24.3 Å². The van der Waals surface area contributed by atoms with Crippen LogP contribution in [0.4, 0.5) is 5.69 Å². The molecule has 108 valence electrons. The van der Waals surface area contributed by atoms with E-state index in [4.69, 9.17) is 22.4 Å². The Morgan fingerprint density at radius 2 is 1.80 bits per heavy atom. The van der Waals surface area contributed by atoms with E-state index in [-0.39, 0.29) is 12.1 Å². The highest BCUT2D eigenvalue weighted by molar-refractivity contribution is 6.38. The van der Waals surface area contributed by atoms with Crippen LogP contribution in [0.1, 0.15) is 25.7 Å². The van der Waals surface area contributed by atoms with Crippen LogP contribution in [0.25, 0.3) is 0 Å². The van der Waals surface area contributed by atoms with Gasteiger partial charge in [-0.15, -0.1) is 0 Å². The molecule has 0 atom stereocenters. The summed E-state index contributed by atoms with van der Waals surface area (Å²) < 4.78 is 0. The van der Waals surface area contributed by atoms with Crippen LogP contribution >= 0.6 is 11.6 Å². The number of primary amides is 1. The van der Waals surface area contributed by atoms with Crippen molar-refractivity contribution in [2.24, 2.45) is 10.8 Å². The predicted octanol–water partition coefficient (Wildman–Crippen LogP) is 2.24. The monoisotopic (exact) mass is 297 g/mol. The van der Waals surface area contributed by atoms with E-state index >= 15 is 0 Å². The van der Waals surface area contributed by atoms with Crippen molar-refractivity contribution >= 4 is 34.9 Å². The number of nitrogens with zero attached hydrogens (tertiary/aromatic N) is 1. The van der Waals surface area contributed by atoms with Gasteiger partial charge < -0.3 is 10.8 Å². The molecule has 0 aliphatic rings. The molecule has 20 heavy (non-hydrogen) atoms. The molecule has 1 rings (SSSR count). The Hall–Kier alpha value is -2.08. The second-order valence-corrected chi connectivity index (χ2v) is 4.58. The van der Waals surface area contributed by atoms with Crippen LogP contribution in [0.3, 0.4) is 0 Å². The number of hydrazone groups is 1. The molecule has 0 heterocycles. The lowest BCUT2D eigenvalue weighted by molar-refractivity contribution is -0.137. The molecule has 0 bridgehead atoms. The molecule has 0 radical (unpaired) electrons. The van der Waals surface area contributed by atoms with Crippen LogP contribution in [-0.2, 0) is 9.59 Å². The van der Waals surface area contributed by atoms with Crippen molar-refractivity contribution < 1.29 is 14.7 Å². The molecule has 0 aliphatic heterocycles. The van der Waals surface area contributed by atoms with Gasteiger partial charge in [-0.3, -0.25) is 15.0 Å². The van der Waals surface area contributed by atoms with Crippen molar-refractivity contribution in [3.63, 3.8) is 0 Å². The van der Waals surface area contributed by atoms with E-state index in [1.165, 1.54) is 0 Å². The Morgan fingerprint density at radius 3 is 2.35 bits per heavy atom. The lowest BCUT2D eigenvalue weighted by atomic mass is 10.1. The molecule has 1 amide bonds. The molecule has 0 aromatic heterocycles. The standard InChI is InChI=1S/C13H16ClN3O3/c14-9-5-7-10(8-6-9)16-17-11(13(15)20)3-1-2-4-12(18)19/h5-8,16H,1-4H2,(H2,15,20)(H,18,19). The number of hydrogen-bond acceptors (Lipinski definition) is 4. The van der Waals surface area contributed by atoms with Gasteiger partial charge >= 0.3 is 5.97 Å². The number of aliphatic carboxylic acids is 1. The Bertz CT molecular complexity index is 500. The molecule has 0 saturated carbocycles. The zero-order valence-corrected chi connectivity index (χ0v) is 11.6. The van der Waals surface area contributed by atoms with E-state index in [1.807, 2.05) is 0 Å². The highest BCUT2D eigenvalue weighted by Gasteiger charge is 2.07. The number of carbonyl (C=O) groups excluding carboxylic acids is 1. The van der Waals surface area contributed by atoms with Gasteiger partial charge in [0.05, 0.1) is 5.69 Å². The first-order valence-electron chi connectivity index (χ1n) is 6.09. The average Bonchev–Trinajstić information content (AvgIpc) is 2.39. The predicted molar refractivity (Wildman–Crippen MR) is 77.8 cm³/mol. The molecule has 0 aliphatic carbocycles. The number of nitrogens with two attached hydrogens (primary N) is 1. The fraction of sp³-hybridized carbons (Fsp3) is 0.308. The fourth-order valence-corrected chi connectivity index (χ4v) is 1.59. The molecule has 1 aromatic rings. The summed E-state index contributed by atoms with van der Waals surface area (Å²) in [6.45, 7) is 0. The number of carboxylic acids is 1. The van der Waals surface area contributed by atoms with Gasteiger partial charge in [-0.1, -0.05) is 11.6 Å². The van der Waals surface area contributed by atoms with Gasteiger partial charge in [-0.05, 0) is 43.5 Å². The van der Waals surface area contributed by atoms with Crippen molar-refractivity contribution in [1.82, 2.24) is 0 Å². The summed E-state index contributed by atoms with van der Waals surface area (Å²) in [5.74, 6) is -1.48. The molecule has 0 fully saturated rings. The summed E-state index contributed by atoms with van der Waals surface area (Å²) in [5, 5.41) is 13.1. The number of unbranched alkanes of at least 4 members (excludes halogenated alkanes) is 1. The van der Waals surface area contributed by atoms with Crippen molar-refractivity contribution in [2.75, 3.05) is 5.43 Å². The first-order valence-corrected chi connectivity index (χ1v) is 6.46. The fourth-order valence-electron chi connectivity index (χ4n) is 1.46. The van der Waals surface area contributed by atoms with Crippen LogP contribution in [0.15, 0.2) is 29.4 Å². The maximum absolute atomic E-state index is 11.2. The van der Waals surface area contributed by atoms with Gasteiger partial charge in [0.2, 0.25) is 0 Å².